The Bertz CT molecular complexity index is 1110. The summed E-state index contributed by atoms with van der Waals surface area (Å²) in [5.74, 6) is 4.60. The lowest BCUT2D eigenvalue weighted by molar-refractivity contribution is -0.129. The minimum Gasteiger partial charge on any atom is -0.394 e. The Morgan fingerprint density at radius 2 is 0.485 bits per heavy atom. The summed E-state index contributed by atoms with van der Waals surface area (Å²) in [6.07, 6.45) is 14.0. The fraction of sp³-hybridized carbons (Fsp3) is 0.618. The molecule has 644 valence electrons. The van der Waals surface area contributed by atoms with Crippen molar-refractivity contribution in [2.24, 2.45) is 52.5 Å². The van der Waals surface area contributed by atoms with E-state index in [1.807, 2.05) is 132 Å². The number of benzene rings is 2. The van der Waals surface area contributed by atoms with Crippen molar-refractivity contribution in [1.82, 2.24) is 54.1 Å². The molecule has 27 nitrogen and oxygen atoms in total. The van der Waals surface area contributed by atoms with Crippen LogP contribution in [-0.2, 0) is 75.2 Å². The quantitative estimate of drug-likeness (QED) is 0.115. The van der Waals surface area contributed by atoms with E-state index < -0.39 is 0 Å². The number of rotatable bonds is 7. The predicted molar refractivity (Wildman–Crippen MR) is 467 cm³/mol. The number of likely N-dealkylation sites (tertiary alicyclic amines) is 1. The number of aliphatic hydroxyl groups excluding tert-OH is 1. The van der Waals surface area contributed by atoms with Gasteiger partial charge in [0, 0.05) is 26.1 Å². The molecule has 33 N–H and O–H groups in total. The molecule has 1 heterocycles. The van der Waals surface area contributed by atoms with E-state index in [0.717, 1.165) is 61.9 Å². The van der Waals surface area contributed by atoms with Gasteiger partial charge in [-0.25, -0.2) is 0 Å². The number of carbonyl (C=O) groups is 13. The third kappa shape index (κ3) is 712. The molecular formula is C76H191N13O14. The van der Waals surface area contributed by atoms with Crippen LogP contribution >= 0.6 is 0 Å². The van der Waals surface area contributed by atoms with Gasteiger partial charge in [-0.2, -0.15) is 0 Å². The third-order valence-corrected chi connectivity index (χ3v) is 7.86. The summed E-state index contributed by atoms with van der Waals surface area (Å²) in [5.41, 5.74) is 20.8. The molecular weight excluding hydrogens is 1320 g/mol. The Kier molecular flexibility index (Phi) is 869. The van der Waals surface area contributed by atoms with Gasteiger partial charge in [0.25, 0.3) is 0 Å². The maximum absolute atomic E-state index is 10.7. The highest BCUT2D eigenvalue weighted by molar-refractivity contribution is 5.73. The first-order valence-corrected chi connectivity index (χ1v) is 31.5. The number of hydrogen-bond donors (Lipinski definition) is 13. The van der Waals surface area contributed by atoms with Crippen molar-refractivity contribution in [2.75, 3.05) is 41.3 Å². The maximum atomic E-state index is 10.7. The fourth-order valence-electron chi connectivity index (χ4n) is 2.64. The Morgan fingerprint density at radius 1 is 0.369 bits per heavy atom. The maximum Gasteiger partial charge on any atom is 0.219 e. The zero-order valence-electron chi connectivity index (χ0n) is 73.6. The van der Waals surface area contributed by atoms with Crippen LogP contribution in [0.5, 0.6) is 0 Å². The molecule has 0 aromatic heterocycles. The standard InChI is InChI=1S/2C8H10.C7H13NO.4C5H12.C4H10.C4H8.C3H8O.2C2H6.C2H4.4CH5N.12CH2O.8H3N/c2*1-2-8-6-4-3-5-7-8;1-7(9)8-5-3-2-4-6-8;4*1-4-5(2)3;1-4(2)3;1-3-4-2;1-3(2)4;19*1-2;;;;;;;;/h2*3-7H,2H2,1H3;2-6H2,1H3;4*5H,4H2,1-3H3;4H,1-3H3;3H,1,4H2,2H3;3-4H,1-2H3;2*1-2H3;1-2H2;4*2H2,1H3;12*1H2;8*1H3. The molecule has 0 saturated carbocycles. The summed E-state index contributed by atoms with van der Waals surface area (Å²) in [6, 6.07) is 20.9. The zero-order valence-corrected chi connectivity index (χ0v) is 73.6. The first-order chi connectivity index (χ1) is 45.6. The Labute approximate surface area is 641 Å². The first-order valence-electron chi connectivity index (χ1n) is 31.5. The second-order valence-electron chi connectivity index (χ2n) is 17.0. The summed E-state index contributed by atoms with van der Waals surface area (Å²) < 4.78 is 0. The van der Waals surface area contributed by atoms with Gasteiger partial charge in [-0.15, -0.1) is 19.7 Å². The molecule has 1 aliphatic heterocycles. The second-order valence-corrected chi connectivity index (χ2v) is 17.0. The van der Waals surface area contributed by atoms with Gasteiger partial charge < -0.3 is 140 Å². The van der Waals surface area contributed by atoms with Gasteiger partial charge in [0.2, 0.25) is 5.91 Å². The van der Waals surface area contributed by atoms with E-state index in [0.29, 0.717) is 0 Å². The van der Waals surface area contributed by atoms with E-state index in [9.17, 15) is 4.79 Å². The summed E-state index contributed by atoms with van der Waals surface area (Å²) in [6.45, 7) is 88.0. The number of nitrogens with zero attached hydrogens (tertiary/aromatic N) is 1. The van der Waals surface area contributed by atoms with Gasteiger partial charge in [-0.3, -0.25) is 4.79 Å². The van der Waals surface area contributed by atoms with Gasteiger partial charge in [-0.1, -0.05) is 245 Å². The summed E-state index contributed by atoms with van der Waals surface area (Å²) >= 11 is 0. The summed E-state index contributed by atoms with van der Waals surface area (Å²) in [5, 5.41) is 8.06. The fourth-order valence-corrected chi connectivity index (χ4v) is 2.64. The highest BCUT2D eigenvalue weighted by Crippen LogP contribution is 2.07. The monoisotopic (exact) mass is 1510 g/mol. The molecule has 27 heteroatoms. The van der Waals surface area contributed by atoms with Gasteiger partial charge in [0.1, 0.15) is 81.5 Å². The van der Waals surface area contributed by atoms with E-state index in [1.165, 1.54) is 84.3 Å². The van der Waals surface area contributed by atoms with E-state index in [1.54, 1.807) is 20.8 Å². The van der Waals surface area contributed by atoms with Crippen LogP contribution in [0.1, 0.15) is 236 Å². The number of piperidine rings is 1. The number of aryl methyl sites for hydroxylation is 2. The van der Waals surface area contributed by atoms with Crippen molar-refractivity contribution in [3.63, 3.8) is 0 Å². The highest BCUT2D eigenvalue weighted by atomic mass is 16.3. The number of allylic oxidation sites excluding steroid dienone is 1. The third-order valence-electron chi connectivity index (χ3n) is 7.86. The summed E-state index contributed by atoms with van der Waals surface area (Å²) in [4.78, 5) is 109. The lowest BCUT2D eigenvalue weighted by atomic mass is 10.1. The lowest BCUT2D eigenvalue weighted by Crippen LogP contribution is -2.33. The molecule has 103 heavy (non-hydrogen) atoms. The SMILES string of the molecule is C=C.C=CCC.C=O.C=O.C=O.C=O.C=O.C=O.C=O.C=O.C=O.C=O.C=O.C=O.CC.CC.CC(=O)N1CCCCC1.CC(C)C.CC(C)O.CCC(C)C.CCC(C)C.CCC(C)C.CCC(C)C.CCc1ccccc1.CCc1ccccc1.CN.CN.CN.CN.N.N.N.N.N.N.N.N. The largest absolute Gasteiger partial charge is 0.394 e. The number of nitrogens with two attached hydrogens (primary N) is 4. The number of hydrogen-bond acceptors (Lipinski definition) is 26. The molecule has 2 aromatic rings. The van der Waals surface area contributed by atoms with Crippen molar-refractivity contribution in [2.45, 2.75) is 243 Å². The Hall–Kier alpha value is -7.09. The number of carbonyl (C=O) groups excluding carboxylic acids is 13. The molecule has 1 amide bonds. The average molecular weight is 1510 g/mol. The molecule has 3 rings (SSSR count). The molecule has 0 aliphatic carbocycles. The molecule has 0 atom stereocenters. The average Bonchev–Trinajstić information content (AvgIpc) is 1.60. The van der Waals surface area contributed by atoms with E-state index >= 15 is 0 Å². The molecule has 1 aliphatic rings. The number of amides is 1. The van der Waals surface area contributed by atoms with E-state index in [-0.39, 0.29) is 61.2 Å². The van der Waals surface area contributed by atoms with Gasteiger partial charge in [0.15, 0.2) is 0 Å². The zero-order chi connectivity index (χ0) is 84.0. The normalized spacial score (nSPS) is 6.82. The van der Waals surface area contributed by atoms with Crippen LogP contribution < -0.4 is 72.1 Å². The lowest BCUT2D eigenvalue weighted by Gasteiger charge is -2.24. The van der Waals surface area contributed by atoms with Crippen molar-refractivity contribution in [3.8, 4) is 0 Å². The van der Waals surface area contributed by atoms with E-state index in [2.05, 4.69) is 216 Å². The molecule has 0 radical (unpaired) electrons. The van der Waals surface area contributed by atoms with Crippen molar-refractivity contribution < 1.29 is 67.4 Å². The second kappa shape index (κ2) is 397. The predicted octanol–water partition coefficient (Wildman–Crippen LogP) is 17.6. The van der Waals surface area contributed by atoms with Crippen LogP contribution in [0, 0.1) is 29.6 Å². The minimum absolute atomic E-state index is 0. The molecule has 0 bridgehead atoms. The van der Waals surface area contributed by atoms with Crippen LogP contribution in [-0.4, -0.2) is 145 Å². The Balaban J connectivity index is -0.0000000152. The van der Waals surface area contributed by atoms with E-state index in [4.69, 9.17) is 62.6 Å². The van der Waals surface area contributed by atoms with Crippen molar-refractivity contribution in [1.29, 1.82) is 0 Å². The van der Waals surface area contributed by atoms with Crippen LogP contribution in [0.4, 0.5) is 0 Å². The van der Waals surface area contributed by atoms with Crippen LogP contribution in [0.3, 0.4) is 0 Å². The minimum atomic E-state index is -0.167. The van der Waals surface area contributed by atoms with Crippen molar-refractivity contribution >= 4 is 87.4 Å². The summed E-state index contributed by atoms with van der Waals surface area (Å²) in [7, 11) is 6.00. The van der Waals surface area contributed by atoms with Crippen molar-refractivity contribution in [3.05, 3.63) is 97.6 Å². The molecule has 0 spiro atoms. The number of aliphatic hydroxyl groups is 1. The molecule has 1 saturated heterocycles. The molecule has 0 unspecified atom stereocenters. The molecule has 1 fully saturated rings. The van der Waals surface area contributed by atoms with Gasteiger partial charge in [-0.05, 0) is 121 Å². The van der Waals surface area contributed by atoms with Gasteiger partial charge >= 0.3 is 0 Å². The van der Waals surface area contributed by atoms with Crippen LogP contribution in [0.25, 0.3) is 0 Å². The highest BCUT2D eigenvalue weighted by Gasteiger charge is 2.11. The Morgan fingerprint density at radius 3 is 0.544 bits per heavy atom. The first kappa shape index (κ1) is 225. The van der Waals surface area contributed by atoms with Gasteiger partial charge in [0.05, 0.1) is 0 Å². The van der Waals surface area contributed by atoms with Crippen LogP contribution in [0.15, 0.2) is 86.5 Å². The smallest absolute Gasteiger partial charge is 0.219 e. The molecule has 2 aromatic carbocycles. The topological polar surface area (TPSA) is 629 Å². The van der Waals surface area contributed by atoms with Crippen LogP contribution in [0.2, 0.25) is 0 Å².